The van der Waals surface area contributed by atoms with Crippen molar-refractivity contribution in [2.75, 3.05) is 13.7 Å². The highest BCUT2D eigenvalue weighted by atomic mass is 16.6. The first-order valence-corrected chi connectivity index (χ1v) is 6.09. The summed E-state index contributed by atoms with van der Waals surface area (Å²) in [6.07, 6.45) is 0. The molecular formula is C13H19N3O4. The highest BCUT2D eigenvalue weighted by molar-refractivity contribution is 5.82. The molecule has 0 saturated heterocycles. The average Bonchev–Trinajstić information content (AvgIpc) is 2.38. The van der Waals surface area contributed by atoms with Crippen LogP contribution in [0.5, 0.6) is 0 Å². The summed E-state index contributed by atoms with van der Waals surface area (Å²) in [6.45, 7) is 3.72. The molecule has 0 fully saturated rings. The van der Waals surface area contributed by atoms with Crippen LogP contribution in [-0.2, 0) is 15.1 Å². The van der Waals surface area contributed by atoms with Crippen molar-refractivity contribution >= 4 is 11.6 Å². The lowest BCUT2D eigenvalue weighted by Gasteiger charge is -2.28. The third-order valence-corrected chi connectivity index (χ3v) is 2.92. The van der Waals surface area contributed by atoms with Gasteiger partial charge in [-0.1, -0.05) is 0 Å². The van der Waals surface area contributed by atoms with Gasteiger partial charge in [0.1, 0.15) is 6.04 Å². The van der Waals surface area contributed by atoms with Crippen molar-refractivity contribution in [3.05, 3.63) is 39.9 Å². The van der Waals surface area contributed by atoms with Crippen LogP contribution < -0.4 is 11.1 Å². The number of nitrogens with one attached hydrogen (secondary N) is 1. The third kappa shape index (κ3) is 4.01. The average molecular weight is 281 g/mol. The van der Waals surface area contributed by atoms with Gasteiger partial charge in [-0.15, -0.1) is 0 Å². The summed E-state index contributed by atoms with van der Waals surface area (Å²) >= 11 is 0. The molecule has 0 heterocycles. The van der Waals surface area contributed by atoms with Gasteiger partial charge < -0.3 is 15.8 Å². The molecule has 110 valence electrons. The summed E-state index contributed by atoms with van der Waals surface area (Å²) in [5.74, 6) is -0.338. The predicted octanol–water partition coefficient (Wildman–Crippen LogP) is 0.920. The fourth-order valence-corrected chi connectivity index (χ4v) is 1.73. The maximum absolute atomic E-state index is 11.9. The molecule has 1 aromatic carbocycles. The zero-order valence-corrected chi connectivity index (χ0v) is 11.8. The minimum absolute atomic E-state index is 0.00645. The van der Waals surface area contributed by atoms with E-state index in [9.17, 15) is 14.9 Å². The van der Waals surface area contributed by atoms with Gasteiger partial charge in [-0.25, -0.2) is 0 Å². The van der Waals surface area contributed by atoms with E-state index in [0.717, 1.165) is 5.56 Å². The number of hydrogen-bond acceptors (Lipinski definition) is 5. The summed E-state index contributed by atoms with van der Waals surface area (Å²) in [4.78, 5) is 22.0. The molecule has 0 spiro atoms. The van der Waals surface area contributed by atoms with E-state index in [1.165, 1.54) is 19.2 Å². The smallest absolute Gasteiger partial charge is 0.269 e. The molecule has 7 nitrogen and oxygen atoms in total. The Balaban J connectivity index is 2.82. The summed E-state index contributed by atoms with van der Waals surface area (Å²) in [7, 11) is 1.47. The highest BCUT2D eigenvalue weighted by Crippen LogP contribution is 2.22. The molecule has 7 heteroatoms. The predicted molar refractivity (Wildman–Crippen MR) is 74.1 cm³/mol. The number of ether oxygens (including phenoxy) is 1. The SMILES string of the molecule is COCC(N)C(=O)NC(C)(C)c1ccc([N+](=O)[O-])cc1. The molecule has 20 heavy (non-hydrogen) atoms. The van der Waals surface area contributed by atoms with E-state index < -0.39 is 16.5 Å². The zero-order chi connectivity index (χ0) is 15.3. The lowest BCUT2D eigenvalue weighted by atomic mass is 9.93. The van der Waals surface area contributed by atoms with E-state index in [0.29, 0.717) is 0 Å². The number of nitro benzene ring substituents is 1. The Hall–Kier alpha value is -1.99. The van der Waals surface area contributed by atoms with Crippen LogP contribution in [0.2, 0.25) is 0 Å². The van der Waals surface area contributed by atoms with E-state index >= 15 is 0 Å². The summed E-state index contributed by atoms with van der Waals surface area (Å²) in [5, 5.41) is 13.4. The standard InChI is InChI=1S/C13H19N3O4/c1-13(2,15-12(17)11(14)8-20-3)9-4-6-10(7-5-9)16(18)19/h4-7,11H,8,14H2,1-3H3,(H,15,17). The summed E-state index contributed by atoms with van der Waals surface area (Å²) < 4.78 is 4.83. The van der Waals surface area contributed by atoms with Crippen LogP contribution in [-0.4, -0.2) is 30.6 Å². The molecule has 0 aliphatic rings. The molecule has 0 saturated carbocycles. The molecule has 1 aromatic rings. The van der Waals surface area contributed by atoms with Crippen molar-refractivity contribution in [1.29, 1.82) is 0 Å². The lowest BCUT2D eigenvalue weighted by molar-refractivity contribution is -0.384. The van der Waals surface area contributed by atoms with Gasteiger partial charge in [0.15, 0.2) is 0 Å². The number of nitrogens with zero attached hydrogens (tertiary/aromatic N) is 1. The van der Waals surface area contributed by atoms with Crippen molar-refractivity contribution < 1.29 is 14.5 Å². The molecule has 1 rings (SSSR count). The van der Waals surface area contributed by atoms with Gasteiger partial charge in [0, 0.05) is 19.2 Å². The summed E-state index contributed by atoms with van der Waals surface area (Å²) in [6, 6.07) is 5.27. The quantitative estimate of drug-likeness (QED) is 0.595. The number of carbonyl (C=O) groups excluding carboxylic acids is 1. The maximum Gasteiger partial charge on any atom is 0.269 e. The second kappa shape index (κ2) is 6.44. The highest BCUT2D eigenvalue weighted by Gasteiger charge is 2.26. The van der Waals surface area contributed by atoms with E-state index in [2.05, 4.69) is 5.32 Å². The first kappa shape index (κ1) is 16.1. The van der Waals surface area contributed by atoms with E-state index in [4.69, 9.17) is 10.5 Å². The van der Waals surface area contributed by atoms with Crippen LogP contribution in [0.1, 0.15) is 19.4 Å². The van der Waals surface area contributed by atoms with Gasteiger partial charge in [0.2, 0.25) is 5.91 Å². The molecule has 0 bridgehead atoms. The first-order chi connectivity index (χ1) is 9.27. The van der Waals surface area contributed by atoms with Crippen molar-refractivity contribution in [2.24, 2.45) is 5.73 Å². The van der Waals surface area contributed by atoms with Gasteiger partial charge in [-0.2, -0.15) is 0 Å². The maximum atomic E-state index is 11.9. The van der Waals surface area contributed by atoms with Crippen molar-refractivity contribution in [3.8, 4) is 0 Å². The molecule has 1 amide bonds. The molecule has 0 radical (unpaired) electrons. The Morgan fingerprint density at radius 3 is 2.45 bits per heavy atom. The van der Waals surface area contributed by atoms with Gasteiger partial charge in [0.25, 0.3) is 5.69 Å². The van der Waals surface area contributed by atoms with Gasteiger partial charge >= 0.3 is 0 Å². The van der Waals surface area contributed by atoms with E-state index in [1.54, 1.807) is 26.0 Å². The number of carbonyl (C=O) groups is 1. The largest absolute Gasteiger partial charge is 0.383 e. The Bertz CT molecular complexity index is 485. The van der Waals surface area contributed by atoms with Crippen molar-refractivity contribution in [2.45, 2.75) is 25.4 Å². The van der Waals surface area contributed by atoms with Gasteiger partial charge in [-0.05, 0) is 31.5 Å². The summed E-state index contributed by atoms with van der Waals surface area (Å²) in [5.41, 5.74) is 5.72. The number of non-ortho nitro benzene ring substituents is 1. The van der Waals surface area contributed by atoms with Crippen LogP contribution >= 0.6 is 0 Å². The minimum Gasteiger partial charge on any atom is -0.383 e. The zero-order valence-electron chi connectivity index (χ0n) is 11.8. The molecule has 3 N–H and O–H groups in total. The number of methoxy groups -OCH3 is 1. The van der Waals surface area contributed by atoms with Crippen LogP contribution in [0, 0.1) is 10.1 Å². The minimum atomic E-state index is -0.752. The van der Waals surface area contributed by atoms with Crippen molar-refractivity contribution in [3.63, 3.8) is 0 Å². The Morgan fingerprint density at radius 1 is 1.45 bits per heavy atom. The molecule has 0 aliphatic heterocycles. The Labute approximate surface area is 117 Å². The molecule has 0 aliphatic carbocycles. The van der Waals surface area contributed by atoms with Crippen molar-refractivity contribution in [1.82, 2.24) is 5.32 Å². The number of nitro groups is 1. The Morgan fingerprint density at radius 2 is 2.00 bits per heavy atom. The van der Waals surface area contributed by atoms with Crippen LogP contribution in [0.3, 0.4) is 0 Å². The normalized spacial score (nSPS) is 12.8. The fraction of sp³-hybridized carbons (Fsp3) is 0.462. The van der Waals surface area contributed by atoms with E-state index in [1.807, 2.05) is 0 Å². The number of hydrogen-bond donors (Lipinski definition) is 2. The fourth-order valence-electron chi connectivity index (χ4n) is 1.73. The number of benzene rings is 1. The topological polar surface area (TPSA) is 107 Å². The van der Waals surface area contributed by atoms with Gasteiger partial charge in [0.05, 0.1) is 17.1 Å². The van der Waals surface area contributed by atoms with Crippen LogP contribution in [0.25, 0.3) is 0 Å². The molecular weight excluding hydrogens is 262 g/mol. The second-order valence-electron chi connectivity index (χ2n) is 4.98. The van der Waals surface area contributed by atoms with Gasteiger partial charge in [-0.3, -0.25) is 14.9 Å². The molecule has 1 unspecified atom stereocenters. The number of amides is 1. The molecule has 1 atom stereocenters. The first-order valence-electron chi connectivity index (χ1n) is 6.09. The second-order valence-corrected chi connectivity index (χ2v) is 4.98. The molecule has 0 aromatic heterocycles. The monoisotopic (exact) mass is 281 g/mol. The van der Waals surface area contributed by atoms with Crippen LogP contribution in [0.15, 0.2) is 24.3 Å². The Kier molecular flexibility index (Phi) is 5.18. The van der Waals surface area contributed by atoms with E-state index in [-0.39, 0.29) is 18.2 Å². The van der Waals surface area contributed by atoms with Crippen LogP contribution in [0.4, 0.5) is 5.69 Å². The third-order valence-electron chi connectivity index (χ3n) is 2.92. The number of rotatable bonds is 6. The number of nitrogens with two attached hydrogens (primary N) is 1. The lowest BCUT2D eigenvalue weighted by Crippen LogP contribution is -2.50.